The molecular weight excluding hydrogens is 369 g/mol. The van der Waals surface area contributed by atoms with E-state index < -0.39 is 42.2 Å². The highest BCUT2D eigenvalue weighted by molar-refractivity contribution is 5.96. The SMILES string of the molecule is C[C@@H](OC(=O)CNC(=O)c1ccco1)C(=O)Nc1ccc(C(F)(F)F)cc1. The molecule has 1 aromatic carbocycles. The first-order valence-electron chi connectivity index (χ1n) is 7.66. The van der Waals surface area contributed by atoms with Gasteiger partial charge >= 0.3 is 12.1 Å². The van der Waals surface area contributed by atoms with E-state index in [1.165, 1.54) is 25.3 Å². The molecule has 0 saturated carbocycles. The van der Waals surface area contributed by atoms with Crippen molar-refractivity contribution >= 4 is 23.5 Å². The molecule has 2 amide bonds. The summed E-state index contributed by atoms with van der Waals surface area (Å²) in [6.45, 7) is 0.795. The zero-order valence-corrected chi connectivity index (χ0v) is 14.0. The van der Waals surface area contributed by atoms with Gasteiger partial charge in [0.05, 0.1) is 11.8 Å². The number of nitrogens with one attached hydrogen (secondary N) is 2. The predicted octanol–water partition coefficient (Wildman–Crippen LogP) is 2.60. The fourth-order valence-corrected chi connectivity index (χ4v) is 1.93. The second kappa shape index (κ2) is 8.39. The Balaban J connectivity index is 1.80. The van der Waals surface area contributed by atoms with Crippen molar-refractivity contribution in [2.24, 2.45) is 0 Å². The highest BCUT2D eigenvalue weighted by Gasteiger charge is 2.30. The molecule has 0 spiro atoms. The molecular formula is C17H15F3N2O5. The topological polar surface area (TPSA) is 97.6 Å². The molecule has 144 valence electrons. The maximum Gasteiger partial charge on any atom is 0.416 e. The van der Waals surface area contributed by atoms with Gasteiger partial charge in [-0.25, -0.2) is 0 Å². The molecule has 27 heavy (non-hydrogen) atoms. The largest absolute Gasteiger partial charge is 0.459 e. The number of benzene rings is 1. The Morgan fingerprint density at radius 3 is 2.37 bits per heavy atom. The minimum atomic E-state index is -4.48. The lowest BCUT2D eigenvalue weighted by atomic mass is 10.2. The lowest BCUT2D eigenvalue weighted by Gasteiger charge is -2.14. The summed E-state index contributed by atoms with van der Waals surface area (Å²) in [4.78, 5) is 35.2. The molecule has 1 aromatic heterocycles. The average molecular weight is 384 g/mol. The number of hydrogen-bond donors (Lipinski definition) is 2. The zero-order chi connectivity index (χ0) is 20.0. The van der Waals surface area contributed by atoms with Crippen LogP contribution in [0.5, 0.6) is 0 Å². The molecule has 1 heterocycles. The number of carbonyl (C=O) groups excluding carboxylic acids is 3. The Hall–Kier alpha value is -3.30. The van der Waals surface area contributed by atoms with Crippen molar-refractivity contribution in [3.8, 4) is 0 Å². The molecule has 0 unspecified atom stereocenters. The van der Waals surface area contributed by atoms with E-state index in [9.17, 15) is 27.6 Å². The summed E-state index contributed by atoms with van der Waals surface area (Å²) in [5.74, 6) is -2.22. The number of rotatable bonds is 6. The van der Waals surface area contributed by atoms with Gasteiger partial charge in [-0.05, 0) is 43.3 Å². The monoisotopic (exact) mass is 384 g/mol. The summed E-state index contributed by atoms with van der Waals surface area (Å²) in [5.41, 5.74) is -0.741. The number of hydrogen-bond acceptors (Lipinski definition) is 5. The van der Waals surface area contributed by atoms with Crippen LogP contribution < -0.4 is 10.6 Å². The third-order valence-corrected chi connectivity index (χ3v) is 3.30. The second-order valence-corrected chi connectivity index (χ2v) is 5.36. The van der Waals surface area contributed by atoms with Gasteiger partial charge in [-0.2, -0.15) is 13.2 Å². The highest BCUT2D eigenvalue weighted by atomic mass is 19.4. The molecule has 2 N–H and O–H groups in total. The first-order chi connectivity index (χ1) is 12.7. The number of esters is 1. The van der Waals surface area contributed by atoms with Crippen molar-refractivity contribution in [2.75, 3.05) is 11.9 Å². The molecule has 0 aliphatic rings. The van der Waals surface area contributed by atoms with Gasteiger partial charge < -0.3 is 19.8 Å². The summed E-state index contributed by atoms with van der Waals surface area (Å²) in [6.07, 6.45) is -4.41. The van der Waals surface area contributed by atoms with Crippen LogP contribution in [0.2, 0.25) is 0 Å². The molecule has 2 rings (SSSR count). The molecule has 0 saturated heterocycles. The van der Waals surface area contributed by atoms with E-state index >= 15 is 0 Å². The number of furan rings is 1. The molecule has 7 nitrogen and oxygen atoms in total. The van der Waals surface area contributed by atoms with Crippen molar-refractivity contribution < 1.29 is 36.7 Å². The molecule has 0 bridgehead atoms. The van der Waals surface area contributed by atoms with E-state index in [-0.39, 0.29) is 11.4 Å². The van der Waals surface area contributed by atoms with Crippen molar-refractivity contribution in [2.45, 2.75) is 19.2 Å². The minimum Gasteiger partial charge on any atom is -0.459 e. The second-order valence-electron chi connectivity index (χ2n) is 5.36. The minimum absolute atomic E-state index is 0.0101. The number of ether oxygens (including phenoxy) is 1. The molecule has 0 fully saturated rings. The van der Waals surface area contributed by atoms with Gasteiger partial charge in [-0.3, -0.25) is 14.4 Å². The van der Waals surface area contributed by atoms with E-state index in [1.807, 2.05) is 0 Å². The van der Waals surface area contributed by atoms with Gasteiger partial charge in [-0.1, -0.05) is 0 Å². The zero-order valence-electron chi connectivity index (χ0n) is 14.0. The van der Waals surface area contributed by atoms with Crippen molar-refractivity contribution in [1.29, 1.82) is 0 Å². The fourth-order valence-electron chi connectivity index (χ4n) is 1.93. The van der Waals surface area contributed by atoms with Crippen molar-refractivity contribution in [3.63, 3.8) is 0 Å². The van der Waals surface area contributed by atoms with Crippen LogP contribution >= 0.6 is 0 Å². The first-order valence-corrected chi connectivity index (χ1v) is 7.66. The summed E-state index contributed by atoms with van der Waals surface area (Å²) in [6, 6.07) is 6.70. The number of alkyl halides is 3. The molecule has 0 aliphatic carbocycles. The Morgan fingerprint density at radius 2 is 1.81 bits per heavy atom. The lowest BCUT2D eigenvalue weighted by Crippen LogP contribution is -2.35. The van der Waals surface area contributed by atoms with Gasteiger partial charge in [0.2, 0.25) is 0 Å². The summed E-state index contributed by atoms with van der Waals surface area (Å²) >= 11 is 0. The van der Waals surface area contributed by atoms with Crippen molar-refractivity contribution in [3.05, 3.63) is 54.0 Å². The summed E-state index contributed by atoms with van der Waals surface area (Å²) in [7, 11) is 0. The van der Waals surface area contributed by atoms with Gasteiger partial charge in [-0.15, -0.1) is 0 Å². The third kappa shape index (κ3) is 5.87. The number of carbonyl (C=O) groups is 3. The number of amides is 2. The number of anilines is 1. The van der Waals surface area contributed by atoms with Crippen LogP contribution in [0.15, 0.2) is 47.1 Å². The molecule has 1 atom stereocenters. The molecule has 0 radical (unpaired) electrons. The standard InChI is InChI=1S/C17H15F3N2O5/c1-10(27-14(23)9-21-16(25)13-3-2-8-26-13)15(24)22-12-6-4-11(5-7-12)17(18,19)20/h2-8,10H,9H2,1H3,(H,21,25)(H,22,24)/t10-/m1/s1. The molecule has 2 aromatic rings. The van der Waals surface area contributed by atoms with Crippen molar-refractivity contribution in [1.82, 2.24) is 5.32 Å². The van der Waals surface area contributed by atoms with Crippen LogP contribution in [-0.2, 0) is 20.5 Å². The van der Waals surface area contributed by atoms with Crippen LogP contribution in [0, 0.1) is 0 Å². The van der Waals surface area contributed by atoms with E-state index in [0.717, 1.165) is 24.3 Å². The van der Waals surface area contributed by atoms with Crippen LogP contribution in [0.25, 0.3) is 0 Å². The van der Waals surface area contributed by atoms with E-state index in [4.69, 9.17) is 9.15 Å². The van der Waals surface area contributed by atoms with Gasteiger partial charge in [0.1, 0.15) is 6.54 Å². The van der Waals surface area contributed by atoms with Crippen LogP contribution in [0.1, 0.15) is 23.0 Å². The lowest BCUT2D eigenvalue weighted by molar-refractivity contribution is -0.152. The summed E-state index contributed by atoms with van der Waals surface area (Å²) in [5, 5.41) is 4.58. The maximum atomic E-state index is 12.5. The first kappa shape index (κ1) is 20.0. The van der Waals surface area contributed by atoms with Gasteiger partial charge in [0.25, 0.3) is 11.8 Å². The van der Waals surface area contributed by atoms with Crippen LogP contribution in [-0.4, -0.2) is 30.4 Å². The van der Waals surface area contributed by atoms with Gasteiger partial charge in [0.15, 0.2) is 11.9 Å². The molecule has 10 heteroatoms. The number of halogens is 3. The Bertz CT molecular complexity index is 801. The Morgan fingerprint density at radius 1 is 1.15 bits per heavy atom. The maximum absolute atomic E-state index is 12.5. The van der Waals surface area contributed by atoms with Crippen LogP contribution in [0.4, 0.5) is 18.9 Å². The predicted molar refractivity (Wildman–Crippen MR) is 86.7 cm³/mol. The van der Waals surface area contributed by atoms with E-state index in [1.54, 1.807) is 0 Å². The van der Waals surface area contributed by atoms with E-state index in [2.05, 4.69) is 10.6 Å². The smallest absolute Gasteiger partial charge is 0.416 e. The van der Waals surface area contributed by atoms with E-state index in [0.29, 0.717) is 0 Å². The Labute approximate surface area is 151 Å². The average Bonchev–Trinajstić information content (AvgIpc) is 3.14. The normalized spacial score (nSPS) is 12.1. The molecule has 0 aliphatic heterocycles. The Kier molecular flexibility index (Phi) is 6.22. The van der Waals surface area contributed by atoms with Crippen LogP contribution in [0.3, 0.4) is 0 Å². The third-order valence-electron chi connectivity index (χ3n) is 3.30. The fraction of sp³-hybridized carbons (Fsp3) is 0.235. The van der Waals surface area contributed by atoms with Gasteiger partial charge in [0, 0.05) is 5.69 Å². The highest BCUT2D eigenvalue weighted by Crippen LogP contribution is 2.29. The summed E-state index contributed by atoms with van der Waals surface area (Å²) < 4.78 is 47.2. The quantitative estimate of drug-likeness (QED) is 0.746.